The Morgan fingerprint density at radius 1 is 0.788 bits per heavy atom. The van der Waals surface area contributed by atoms with Crippen molar-refractivity contribution in [3.63, 3.8) is 0 Å². The van der Waals surface area contributed by atoms with Gasteiger partial charge in [0, 0.05) is 49.8 Å². The number of ether oxygens (including phenoxy) is 1. The second-order valence-corrected chi connectivity index (χ2v) is 10.2. The molecule has 0 radical (unpaired) electrons. The van der Waals surface area contributed by atoms with E-state index in [1.54, 1.807) is 0 Å². The Hall–Kier alpha value is -2.31. The van der Waals surface area contributed by atoms with Crippen molar-refractivity contribution < 1.29 is 14.3 Å². The van der Waals surface area contributed by atoms with Gasteiger partial charge in [-0.25, -0.2) is 4.98 Å². The predicted octanol–water partition coefficient (Wildman–Crippen LogP) is 3.13. The standard InChI is InChI=1S/C12H13N3O2.C9H4Br3N3O/c16-9-7-8(13-1-2-13)12(17)11(15-5-6-15)10(9)14-3-4-14;10-5-1-6(11)8(7(12)2-5)16-9-14-3-13-4-15-9/h7H,1-6H2;1-4H. The zero-order valence-corrected chi connectivity index (χ0v) is 21.9. The first-order valence-electron chi connectivity index (χ1n) is 10.2. The molecule has 3 saturated heterocycles. The summed E-state index contributed by atoms with van der Waals surface area (Å²) in [6.45, 7) is 5.41. The summed E-state index contributed by atoms with van der Waals surface area (Å²) >= 11 is 10.2. The van der Waals surface area contributed by atoms with Gasteiger partial charge in [0.15, 0.2) is 5.75 Å². The Bertz CT molecular complexity index is 1170. The predicted molar refractivity (Wildman–Crippen MR) is 129 cm³/mol. The largest absolute Gasteiger partial charge is 0.422 e. The van der Waals surface area contributed by atoms with E-state index in [4.69, 9.17) is 4.74 Å². The van der Waals surface area contributed by atoms with Gasteiger partial charge >= 0.3 is 6.01 Å². The number of carbonyl (C=O) groups is 2. The number of benzene rings is 1. The smallest absolute Gasteiger partial charge is 0.325 e. The lowest BCUT2D eigenvalue weighted by Gasteiger charge is -2.21. The van der Waals surface area contributed by atoms with Crippen LogP contribution in [0.1, 0.15) is 0 Å². The second kappa shape index (κ2) is 9.15. The third-order valence-corrected chi connectivity index (χ3v) is 6.75. The highest BCUT2D eigenvalue weighted by atomic mass is 79.9. The van der Waals surface area contributed by atoms with Crippen LogP contribution in [-0.2, 0) is 9.59 Å². The van der Waals surface area contributed by atoms with Gasteiger partial charge in [-0.1, -0.05) is 15.9 Å². The molecule has 4 heterocycles. The molecule has 0 bridgehead atoms. The van der Waals surface area contributed by atoms with Gasteiger partial charge in [-0.2, -0.15) is 9.97 Å². The third-order valence-electron chi connectivity index (χ3n) is 5.11. The highest BCUT2D eigenvalue weighted by Crippen LogP contribution is 2.38. The van der Waals surface area contributed by atoms with Crippen molar-refractivity contribution in [2.45, 2.75) is 0 Å². The van der Waals surface area contributed by atoms with Crippen molar-refractivity contribution in [3.8, 4) is 11.8 Å². The number of Topliss-reactive ketones (excluding diaryl/α,β-unsaturated/α-hetero) is 1. The molecule has 0 saturated carbocycles. The molecule has 12 heteroatoms. The van der Waals surface area contributed by atoms with E-state index >= 15 is 0 Å². The summed E-state index contributed by atoms with van der Waals surface area (Å²) in [5.41, 5.74) is 1.89. The summed E-state index contributed by atoms with van der Waals surface area (Å²) in [6.07, 6.45) is 4.28. The Morgan fingerprint density at radius 2 is 1.33 bits per heavy atom. The van der Waals surface area contributed by atoms with Crippen LogP contribution in [-0.4, -0.2) is 80.5 Å². The van der Waals surface area contributed by atoms with Crippen molar-refractivity contribution >= 4 is 59.4 Å². The van der Waals surface area contributed by atoms with E-state index in [0.29, 0.717) is 22.8 Å². The molecular weight excluding hydrogens is 624 g/mol. The fourth-order valence-corrected chi connectivity index (χ4v) is 5.70. The fraction of sp³-hybridized carbons (Fsp3) is 0.286. The van der Waals surface area contributed by atoms with E-state index < -0.39 is 0 Å². The molecule has 1 aliphatic carbocycles. The zero-order chi connectivity index (χ0) is 23.1. The van der Waals surface area contributed by atoms with Crippen molar-refractivity contribution in [1.82, 2.24) is 29.7 Å². The highest BCUT2D eigenvalue weighted by Gasteiger charge is 2.43. The zero-order valence-electron chi connectivity index (χ0n) is 17.2. The van der Waals surface area contributed by atoms with Gasteiger partial charge in [0.25, 0.3) is 0 Å². The maximum Gasteiger partial charge on any atom is 0.325 e. The van der Waals surface area contributed by atoms with Crippen LogP contribution in [0.2, 0.25) is 0 Å². The van der Waals surface area contributed by atoms with Crippen LogP contribution in [0.5, 0.6) is 11.8 Å². The maximum absolute atomic E-state index is 12.4. The van der Waals surface area contributed by atoms with Gasteiger partial charge in [-0.05, 0) is 44.0 Å². The molecule has 0 amide bonds. The summed E-state index contributed by atoms with van der Waals surface area (Å²) in [6, 6.07) is 4.00. The molecule has 1 aromatic carbocycles. The van der Waals surface area contributed by atoms with Crippen molar-refractivity contribution in [3.05, 3.63) is 61.4 Å². The molecule has 0 spiro atoms. The summed E-state index contributed by atoms with van der Waals surface area (Å²) in [5, 5.41) is 0. The third kappa shape index (κ3) is 5.12. The average molecular weight is 641 g/mol. The van der Waals surface area contributed by atoms with Crippen LogP contribution in [0.4, 0.5) is 0 Å². The van der Waals surface area contributed by atoms with Crippen LogP contribution < -0.4 is 4.74 Å². The maximum atomic E-state index is 12.4. The lowest BCUT2D eigenvalue weighted by molar-refractivity contribution is -0.117. The van der Waals surface area contributed by atoms with E-state index in [9.17, 15) is 9.59 Å². The molecule has 6 rings (SSSR count). The number of hydrogen-bond acceptors (Lipinski definition) is 9. The van der Waals surface area contributed by atoms with Gasteiger partial charge in [0.1, 0.15) is 24.0 Å². The van der Waals surface area contributed by atoms with E-state index in [1.165, 1.54) is 18.7 Å². The SMILES string of the molecule is Brc1cc(Br)c(Oc2ncncn2)c(Br)c1.O=C1C=C(N2CC2)C(=O)C(N2CC2)=C1N1CC1. The number of aromatic nitrogens is 3. The number of ketones is 2. The average Bonchev–Trinajstić information content (AvgIpc) is 3.63. The molecule has 2 aromatic rings. The molecule has 3 aliphatic heterocycles. The van der Waals surface area contributed by atoms with Gasteiger partial charge < -0.3 is 19.4 Å². The highest BCUT2D eigenvalue weighted by molar-refractivity contribution is 9.11. The molecule has 0 N–H and O–H groups in total. The molecule has 3 fully saturated rings. The van der Waals surface area contributed by atoms with E-state index in [0.717, 1.165) is 52.7 Å². The number of hydrogen-bond donors (Lipinski definition) is 0. The molecule has 1 aromatic heterocycles. The Morgan fingerprint density at radius 3 is 1.88 bits per heavy atom. The fourth-order valence-electron chi connectivity index (χ4n) is 3.27. The number of allylic oxidation sites excluding steroid dienone is 1. The normalized spacial score (nSPS) is 18.6. The van der Waals surface area contributed by atoms with E-state index in [-0.39, 0.29) is 17.6 Å². The molecule has 170 valence electrons. The molecule has 33 heavy (non-hydrogen) atoms. The lowest BCUT2D eigenvalue weighted by Crippen LogP contribution is -2.29. The first-order chi connectivity index (χ1) is 15.9. The van der Waals surface area contributed by atoms with Crippen LogP contribution >= 0.6 is 47.8 Å². The minimum absolute atomic E-state index is 0.00546. The van der Waals surface area contributed by atoms with E-state index in [2.05, 4.69) is 62.7 Å². The summed E-state index contributed by atoms with van der Waals surface area (Å²) in [7, 11) is 0. The Balaban J connectivity index is 0.000000139. The van der Waals surface area contributed by atoms with Crippen molar-refractivity contribution in [2.75, 3.05) is 39.3 Å². The summed E-state index contributed by atoms with van der Waals surface area (Å²) < 4.78 is 8.06. The summed E-state index contributed by atoms with van der Waals surface area (Å²) in [4.78, 5) is 41.9. The minimum Gasteiger partial charge on any atom is -0.422 e. The molecule has 0 unspecified atom stereocenters. The second-order valence-electron chi connectivity index (χ2n) is 7.60. The number of carbonyl (C=O) groups excluding carboxylic acids is 2. The van der Waals surface area contributed by atoms with Crippen LogP contribution in [0, 0.1) is 0 Å². The summed E-state index contributed by atoms with van der Waals surface area (Å²) in [5.74, 6) is 0.668. The first-order valence-corrected chi connectivity index (χ1v) is 12.5. The molecule has 4 aliphatic rings. The monoisotopic (exact) mass is 638 g/mol. The topological polar surface area (TPSA) is 91.1 Å². The van der Waals surface area contributed by atoms with Crippen molar-refractivity contribution in [1.29, 1.82) is 0 Å². The van der Waals surface area contributed by atoms with Crippen LogP contribution in [0.25, 0.3) is 0 Å². The Kier molecular flexibility index (Phi) is 6.23. The van der Waals surface area contributed by atoms with Gasteiger partial charge in [-0.3, -0.25) is 9.59 Å². The van der Waals surface area contributed by atoms with Gasteiger partial charge in [0.2, 0.25) is 11.6 Å². The number of rotatable bonds is 5. The number of nitrogens with zero attached hydrogens (tertiary/aromatic N) is 6. The number of halogens is 3. The quantitative estimate of drug-likeness (QED) is 0.361. The van der Waals surface area contributed by atoms with Crippen molar-refractivity contribution in [2.24, 2.45) is 0 Å². The van der Waals surface area contributed by atoms with E-state index in [1.807, 2.05) is 26.8 Å². The van der Waals surface area contributed by atoms with Crippen LogP contribution in [0.15, 0.2) is 61.4 Å². The van der Waals surface area contributed by atoms with Gasteiger partial charge in [0.05, 0.1) is 14.6 Å². The van der Waals surface area contributed by atoms with Gasteiger partial charge in [-0.15, -0.1) is 0 Å². The van der Waals surface area contributed by atoms with Crippen LogP contribution in [0.3, 0.4) is 0 Å². The lowest BCUT2D eigenvalue weighted by atomic mass is 10.0. The molecule has 9 nitrogen and oxygen atoms in total. The minimum atomic E-state index is 0.00546. The molecule has 0 atom stereocenters. The molecular formula is C21H17Br3N6O3. The first kappa shape index (κ1) is 22.5. The Labute approximate surface area is 214 Å².